The van der Waals surface area contributed by atoms with E-state index in [1.807, 2.05) is 6.92 Å². The van der Waals surface area contributed by atoms with Crippen LogP contribution in [-0.4, -0.2) is 31.3 Å². The highest BCUT2D eigenvalue weighted by Crippen LogP contribution is 2.36. The Labute approximate surface area is 111 Å². The lowest BCUT2D eigenvalue weighted by molar-refractivity contribution is -0.135. The molecule has 0 aliphatic carbocycles. The fourth-order valence-electron chi connectivity index (χ4n) is 1.50. The summed E-state index contributed by atoms with van der Waals surface area (Å²) in [7, 11) is 1.52. The van der Waals surface area contributed by atoms with Crippen LogP contribution >= 0.6 is 11.6 Å². The summed E-state index contributed by atoms with van der Waals surface area (Å²) in [6, 6.07) is 3.50. The number of ether oxygens (including phenoxy) is 2. The molecule has 6 heteroatoms. The third-order valence-electron chi connectivity index (χ3n) is 2.18. The number of carboxylic acid groups (broad SMARTS) is 1. The van der Waals surface area contributed by atoms with E-state index in [4.69, 9.17) is 26.2 Å². The predicted molar refractivity (Wildman–Crippen MR) is 68.5 cm³/mol. The van der Waals surface area contributed by atoms with Gasteiger partial charge in [0.1, 0.15) is 0 Å². The van der Waals surface area contributed by atoms with E-state index in [2.05, 4.69) is 5.32 Å². The molecule has 5 nitrogen and oxygen atoms in total. The number of carboxylic acids is 1. The number of halogens is 1. The van der Waals surface area contributed by atoms with Crippen molar-refractivity contribution >= 4 is 17.6 Å². The minimum absolute atomic E-state index is 0.104. The molecule has 1 aromatic rings. The van der Waals surface area contributed by atoms with E-state index in [-0.39, 0.29) is 6.54 Å². The van der Waals surface area contributed by atoms with Gasteiger partial charge in [-0.15, -0.1) is 0 Å². The van der Waals surface area contributed by atoms with Gasteiger partial charge in [0.15, 0.2) is 11.5 Å². The van der Waals surface area contributed by atoms with Gasteiger partial charge in [-0.25, -0.2) is 0 Å². The van der Waals surface area contributed by atoms with Gasteiger partial charge in [-0.3, -0.25) is 4.79 Å². The molecule has 18 heavy (non-hydrogen) atoms. The molecule has 0 heterocycles. The molecule has 0 aromatic heterocycles. The Morgan fingerprint density at radius 2 is 2.22 bits per heavy atom. The SMILES string of the molecule is CCOc1cc(CNCC(=O)O)cc(Cl)c1OC. The molecule has 0 saturated heterocycles. The first-order valence-corrected chi connectivity index (χ1v) is 5.88. The van der Waals surface area contributed by atoms with Gasteiger partial charge in [0.25, 0.3) is 0 Å². The highest BCUT2D eigenvalue weighted by atomic mass is 35.5. The Kier molecular flexibility index (Phi) is 5.74. The number of rotatable bonds is 7. The van der Waals surface area contributed by atoms with Gasteiger partial charge >= 0.3 is 5.97 Å². The Balaban J connectivity index is 2.83. The van der Waals surface area contributed by atoms with Crippen LogP contribution in [0.5, 0.6) is 11.5 Å². The average molecular weight is 274 g/mol. The van der Waals surface area contributed by atoms with Gasteiger partial charge in [-0.1, -0.05) is 11.6 Å². The highest BCUT2D eigenvalue weighted by Gasteiger charge is 2.11. The molecule has 0 aliphatic heterocycles. The second-order valence-corrected chi connectivity index (χ2v) is 3.95. The van der Waals surface area contributed by atoms with Crippen molar-refractivity contribution in [2.45, 2.75) is 13.5 Å². The molecule has 0 saturated carbocycles. The smallest absolute Gasteiger partial charge is 0.317 e. The first-order chi connectivity index (χ1) is 8.58. The Bertz CT molecular complexity index is 423. The van der Waals surface area contributed by atoms with Crippen molar-refractivity contribution in [1.82, 2.24) is 5.32 Å². The Morgan fingerprint density at radius 3 is 2.78 bits per heavy atom. The van der Waals surface area contributed by atoms with Gasteiger partial charge in [0.2, 0.25) is 0 Å². The second-order valence-electron chi connectivity index (χ2n) is 3.54. The summed E-state index contributed by atoms with van der Waals surface area (Å²) in [6.45, 7) is 2.66. The summed E-state index contributed by atoms with van der Waals surface area (Å²) in [4.78, 5) is 10.4. The number of nitrogens with one attached hydrogen (secondary N) is 1. The van der Waals surface area contributed by atoms with E-state index in [1.165, 1.54) is 7.11 Å². The van der Waals surface area contributed by atoms with E-state index >= 15 is 0 Å². The molecule has 1 aromatic carbocycles. The third-order valence-corrected chi connectivity index (χ3v) is 2.46. The van der Waals surface area contributed by atoms with Crippen LogP contribution in [-0.2, 0) is 11.3 Å². The summed E-state index contributed by atoms with van der Waals surface area (Å²) in [5, 5.41) is 11.8. The molecule has 0 unspecified atom stereocenters. The molecular formula is C12H16ClNO4. The molecule has 0 aliphatic rings. The molecular weight excluding hydrogens is 258 g/mol. The van der Waals surface area contributed by atoms with E-state index in [0.29, 0.717) is 29.7 Å². The molecule has 0 fully saturated rings. The van der Waals surface area contributed by atoms with E-state index in [9.17, 15) is 4.79 Å². The van der Waals surface area contributed by atoms with Crippen LogP contribution in [0.4, 0.5) is 0 Å². The Hall–Kier alpha value is -1.46. The van der Waals surface area contributed by atoms with Gasteiger partial charge in [0.05, 0.1) is 25.3 Å². The van der Waals surface area contributed by atoms with Crippen LogP contribution in [0.25, 0.3) is 0 Å². The summed E-state index contributed by atoms with van der Waals surface area (Å²) < 4.78 is 10.6. The predicted octanol–water partition coefficient (Wildman–Crippen LogP) is 1.92. The van der Waals surface area contributed by atoms with Gasteiger partial charge in [-0.2, -0.15) is 0 Å². The molecule has 2 N–H and O–H groups in total. The van der Waals surface area contributed by atoms with Crippen molar-refractivity contribution in [3.63, 3.8) is 0 Å². The average Bonchev–Trinajstić information content (AvgIpc) is 2.28. The lowest BCUT2D eigenvalue weighted by Gasteiger charge is -2.13. The van der Waals surface area contributed by atoms with Crippen molar-refractivity contribution in [1.29, 1.82) is 0 Å². The maximum atomic E-state index is 10.4. The van der Waals surface area contributed by atoms with E-state index in [1.54, 1.807) is 12.1 Å². The number of hydrogen-bond donors (Lipinski definition) is 2. The minimum Gasteiger partial charge on any atom is -0.491 e. The first kappa shape index (κ1) is 14.6. The first-order valence-electron chi connectivity index (χ1n) is 5.50. The molecule has 0 amide bonds. The van der Waals surface area contributed by atoms with Crippen molar-refractivity contribution in [3.8, 4) is 11.5 Å². The lowest BCUT2D eigenvalue weighted by Crippen LogP contribution is -2.21. The molecule has 0 atom stereocenters. The summed E-state index contributed by atoms with van der Waals surface area (Å²) in [5.41, 5.74) is 0.838. The largest absolute Gasteiger partial charge is 0.491 e. The highest BCUT2D eigenvalue weighted by molar-refractivity contribution is 6.32. The molecule has 0 spiro atoms. The van der Waals surface area contributed by atoms with Crippen LogP contribution in [0.2, 0.25) is 5.02 Å². The Morgan fingerprint density at radius 1 is 1.50 bits per heavy atom. The van der Waals surface area contributed by atoms with E-state index in [0.717, 1.165) is 5.56 Å². The van der Waals surface area contributed by atoms with Crippen LogP contribution in [0.1, 0.15) is 12.5 Å². The van der Waals surface area contributed by atoms with E-state index < -0.39 is 5.97 Å². The number of benzene rings is 1. The number of carbonyl (C=O) groups is 1. The monoisotopic (exact) mass is 273 g/mol. The zero-order valence-electron chi connectivity index (χ0n) is 10.3. The van der Waals surface area contributed by atoms with Crippen LogP contribution < -0.4 is 14.8 Å². The summed E-state index contributed by atoms with van der Waals surface area (Å²) in [6.07, 6.45) is 0. The van der Waals surface area contributed by atoms with Crippen LogP contribution in [0.3, 0.4) is 0 Å². The minimum atomic E-state index is -0.903. The molecule has 0 radical (unpaired) electrons. The van der Waals surface area contributed by atoms with Crippen molar-refractivity contribution in [2.24, 2.45) is 0 Å². The quantitative estimate of drug-likeness (QED) is 0.794. The molecule has 100 valence electrons. The maximum absolute atomic E-state index is 10.4. The van der Waals surface area contributed by atoms with Crippen molar-refractivity contribution in [3.05, 3.63) is 22.7 Å². The number of methoxy groups -OCH3 is 1. The summed E-state index contributed by atoms with van der Waals surface area (Å²) in [5.74, 6) is 0.139. The second kappa shape index (κ2) is 7.08. The normalized spacial score (nSPS) is 10.2. The summed E-state index contributed by atoms with van der Waals surface area (Å²) >= 11 is 6.06. The number of aliphatic carboxylic acids is 1. The zero-order chi connectivity index (χ0) is 13.5. The van der Waals surface area contributed by atoms with Crippen LogP contribution in [0.15, 0.2) is 12.1 Å². The van der Waals surface area contributed by atoms with Gasteiger partial charge in [0, 0.05) is 6.54 Å². The van der Waals surface area contributed by atoms with Crippen LogP contribution in [0, 0.1) is 0 Å². The van der Waals surface area contributed by atoms with Crippen molar-refractivity contribution < 1.29 is 19.4 Å². The maximum Gasteiger partial charge on any atom is 0.317 e. The fraction of sp³-hybridized carbons (Fsp3) is 0.417. The fourth-order valence-corrected chi connectivity index (χ4v) is 1.81. The van der Waals surface area contributed by atoms with Crippen molar-refractivity contribution in [2.75, 3.05) is 20.3 Å². The lowest BCUT2D eigenvalue weighted by atomic mass is 10.2. The van der Waals surface area contributed by atoms with Gasteiger partial charge < -0.3 is 19.9 Å². The standard InChI is InChI=1S/C12H16ClNO4/c1-3-18-10-5-8(6-14-7-11(15)16)4-9(13)12(10)17-2/h4-5,14H,3,6-7H2,1-2H3,(H,15,16). The third kappa shape index (κ3) is 4.09. The van der Waals surface area contributed by atoms with Gasteiger partial charge in [-0.05, 0) is 24.6 Å². The molecule has 0 bridgehead atoms. The zero-order valence-corrected chi connectivity index (χ0v) is 11.1. The molecule has 1 rings (SSSR count). The number of hydrogen-bond acceptors (Lipinski definition) is 4. The topological polar surface area (TPSA) is 67.8 Å².